The minimum atomic E-state index is -0.734. The van der Waals surface area contributed by atoms with Crippen LogP contribution in [0.25, 0.3) is 5.65 Å². The van der Waals surface area contributed by atoms with Crippen molar-refractivity contribution in [2.45, 2.75) is 33.2 Å². The number of rotatable bonds is 3. The van der Waals surface area contributed by atoms with Gasteiger partial charge in [0, 0.05) is 17.9 Å². The summed E-state index contributed by atoms with van der Waals surface area (Å²) in [6.07, 6.45) is 3.29. The molecule has 0 radical (unpaired) electrons. The first kappa shape index (κ1) is 17.5. The molecule has 2 N–H and O–H groups in total. The summed E-state index contributed by atoms with van der Waals surface area (Å²) < 4.78 is 6.55. The number of hydrogen-bond donors (Lipinski definition) is 2. The normalized spacial score (nSPS) is 11.2. The van der Waals surface area contributed by atoms with E-state index in [0.29, 0.717) is 5.65 Å². The maximum absolute atomic E-state index is 11.9. The minimum Gasteiger partial charge on any atom is -0.451 e. The quantitative estimate of drug-likeness (QED) is 0.828. The maximum Gasteiger partial charge on any atom is 0.359 e. The van der Waals surface area contributed by atoms with Gasteiger partial charge in [-0.2, -0.15) is 0 Å². The number of pyridine rings is 1. The number of imidazole rings is 1. The number of imide groups is 1. The molecule has 2 rings (SSSR count). The van der Waals surface area contributed by atoms with Crippen molar-refractivity contribution in [3.8, 4) is 0 Å². The molecule has 0 spiro atoms. The lowest BCUT2D eigenvalue weighted by Gasteiger charge is -2.20. The van der Waals surface area contributed by atoms with Gasteiger partial charge in [-0.1, -0.05) is 0 Å². The third-order valence-corrected chi connectivity index (χ3v) is 2.90. The Balaban J connectivity index is 1.90. The van der Waals surface area contributed by atoms with E-state index in [1.54, 1.807) is 31.4 Å². The molecule has 0 saturated heterocycles. The summed E-state index contributed by atoms with van der Waals surface area (Å²) >= 11 is 0. The van der Waals surface area contributed by atoms with Crippen LogP contribution in [0.2, 0.25) is 0 Å². The highest BCUT2D eigenvalue weighted by Gasteiger charge is 2.18. The van der Waals surface area contributed by atoms with Crippen LogP contribution in [0.1, 0.15) is 36.8 Å². The molecule has 0 saturated carbocycles. The lowest BCUT2D eigenvalue weighted by molar-refractivity contribution is -0.123. The standard InChI is InChI=1S/C16H20N4O4/c1-10-5-6-20-8-11(17-12(20)7-10)14(22)24-9-13(21)18-15(23)19-16(2,3)4/h5-8H,9H2,1-4H3,(H2,18,19,21,23). The Morgan fingerprint density at radius 3 is 2.67 bits per heavy atom. The molecule has 2 aromatic rings. The molecule has 0 aliphatic carbocycles. The molecular weight excluding hydrogens is 312 g/mol. The van der Waals surface area contributed by atoms with E-state index in [9.17, 15) is 14.4 Å². The van der Waals surface area contributed by atoms with Crippen LogP contribution >= 0.6 is 0 Å². The van der Waals surface area contributed by atoms with Gasteiger partial charge in [0.25, 0.3) is 5.91 Å². The first-order valence-corrected chi connectivity index (χ1v) is 7.38. The number of nitrogens with one attached hydrogen (secondary N) is 2. The summed E-state index contributed by atoms with van der Waals surface area (Å²) in [4.78, 5) is 39.2. The van der Waals surface area contributed by atoms with Gasteiger partial charge in [-0.3, -0.25) is 10.1 Å². The number of ether oxygens (including phenoxy) is 1. The van der Waals surface area contributed by atoms with E-state index in [1.165, 1.54) is 6.20 Å². The molecule has 0 fully saturated rings. The van der Waals surface area contributed by atoms with Crippen molar-refractivity contribution in [1.82, 2.24) is 20.0 Å². The first-order chi connectivity index (χ1) is 11.1. The van der Waals surface area contributed by atoms with Gasteiger partial charge in [0.2, 0.25) is 0 Å². The molecule has 128 valence electrons. The lowest BCUT2D eigenvalue weighted by atomic mass is 10.1. The molecule has 24 heavy (non-hydrogen) atoms. The molecule has 8 heteroatoms. The van der Waals surface area contributed by atoms with E-state index < -0.39 is 30.1 Å². The van der Waals surface area contributed by atoms with Crippen LogP contribution in [0.4, 0.5) is 4.79 Å². The second-order valence-electron chi connectivity index (χ2n) is 6.42. The number of carbonyl (C=O) groups is 3. The van der Waals surface area contributed by atoms with Crippen molar-refractivity contribution in [2.75, 3.05) is 6.61 Å². The van der Waals surface area contributed by atoms with E-state index in [0.717, 1.165) is 5.56 Å². The minimum absolute atomic E-state index is 0.0903. The topological polar surface area (TPSA) is 102 Å². The Kier molecular flexibility index (Phi) is 4.87. The van der Waals surface area contributed by atoms with Crippen LogP contribution in [0.3, 0.4) is 0 Å². The molecule has 0 aromatic carbocycles. The molecule has 0 atom stereocenters. The SMILES string of the molecule is Cc1ccn2cc(C(=O)OCC(=O)NC(=O)NC(C)(C)C)nc2c1. The number of fused-ring (bicyclic) bond motifs is 1. The summed E-state index contributed by atoms with van der Waals surface area (Å²) in [6.45, 7) is 6.69. The Labute approximate surface area is 139 Å². The average Bonchev–Trinajstić information content (AvgIpc) is 2.85. The summed E-state index contributed by atoms with van der Waals surface area (Å²) in [5, 5.41) is 4.65. The number of esters is 1. The van der Waals surface area contributed by atoms with Crippen molar-refractivity contribution in [3.05, 3.63) is 35.8 Å². The van der Waals surface area contributed by atoms with Gasteiger partial charge < -0.3 is 14.5 Å². The summed E-state index contributed by atoms with van der Waals surface area (Å²) in [6, 6.07) is 3.05. The van der Waals surface area contributed by atoms with Crippen LogP contribution < -0.4 is 10.6 Å². The predicted molar refractivity (Wildman–Crippen MR) is 86.6 cm³/mol. The fourth-order valence-electron chi connectivity index (χ4n) is 1.92. The number of carbonyl (C=O) groups excluding carboxylic acids is 3. The van der Waals surface area contributed by atoms with E-state index in [4.69, 9.17) is 4.74 Å². The molecular formula is C16H20N4O4. The molecule has 2 heterocycles. The van der Waals surface area contributed by atoms with Crippen molar-refractivity contribution >= 4 is 23.6 Å². The van der Waals surface area contributed by atoms with Gasteiger partial charge in [0.1, 0.15) is 5.65 Å². The van der Waals surface area contributed by atoms with Crippen LogP contribution in [0.5, 0.6) is 0 Å². The molecule has 0 unspecified atom stereocenters. The van der Waals surface area contributed by atoms with Crippen LogP contribution in [-0.4, -0.2) is 39.4 Å². The largest absolute Gasteiger partial charge is 0.451 e. The number of nitrogens with zero attached hydrogens (tertiary/aromatic N) is 2. The number of aromatic nitrogens is 2. The van der Waals surface area contributed by atoms with E-state index in [1.807, 2.05) is 19.1 Å². The molecule has 3 amide bonds. The van der Waals surface area contributed by atoms with Gasteiger partial charge in [-0.25, -0.2) is 14.6 Å². The second kappa shape index (κ2) is 6.69. The van der Waals surface area contributed by atoms with Crippen molar-refractivity contribution < 1.29 is 19.1 Å². The highest BCUT2D eigenvalue weighted by atomic mass is 16.5. The van der Waals surface area contributed by atoms with Crippen molar-refractivity contribution in [2.24, 2.45) is 0 Å². The van der Waals surface area contributed by atoms with Gasteiger partial charge in [0.15, 0.2) is 12.3 Å². The highest BCUT2D eigenvalue weighted by molar-refractivity contribution is 5.96. The zero-order chi connectivity index (χ0) is 17.9. The highest BCUT2D eigenvalue weighted by Crippen LogP contribution is 2.08. The maximum atomic E-state index is 11.9. The smallest absolute Gasteiger partial charge is 0.359 e. The number of amides is 3. The van der Waals surface area contributed by atoms with E-state index >= 15 is 0 Å². The van der Waals surface area contributed by atoms with Gasteiger partial charge in [-0.15, -0.1) is 0 Å². The van der Waals surface area contributed by atoms with E-state index in [2.05, 4.69) is 15.6 Å². The van der Waals surface area contributed by atoms with E-state index in [-0.39, 0.29) is 5.69 Å². The third-order valence-electron chi connectivity index (χ3n) is 2.90. The summed E-state index contributed by atoms with van der Waals surface area (Å²) in [5.74, 6) is -1.45. The zero-order valence-corrected chi connectivity index (χ0v) is 14.0. The molecule has 0 aliphatic rings. The number of aryl methyl sites for hydroxylation is 1. The van der Waals surface area contributed by atoms with Crippen molar-refractivity contribution in [1.29, 1.82) is 0 Å². The Morgan fingerprint density at radius 1 is 1.29 bits per heavy atom. The third kappa shape index (κ3) is 4.80. The van der Waals surface area contributed by atoms with Crippen LogP contribution in [0, 0.1) is 6.92 Å². The molecule has 8 nitrogen and oxygen atoms in total. The zero-order valence-electron chi connectivity index (χ0n) is 14.0. The van der Waals surface area contributed by atoms with Crippen molar-refractivity contribution in [3.63, 3.8) is 0 Å². The van der Waals surface area contributed by atoms with Gasteiger partial charge >= 0.3 is 12.0 Å². The van der Waals surface area contributed by atoms with Crippen LogP contribution in [0.15, 0.2) is 24.5 Å². The molecule has 0 aliphatic heterocycles. The fraction of sp³-hybridized carbons (Fsp3) is 0.375. The Bertz CT molecular complexity index is 789. The van der Waals surface area contributed by atoms with Crippen LogP contribution in [-0.2, 0) is 9.53 Å². The number of hydrogen-bond acceptors (Lipinski definition) is 5. The summed E-state index contributed by atoms with van der Waals surface area (Å²) in [7, 11) is 0. The average molecular weight is 332 g/mol. The Morgan fingerprint density at radius 2 is 2.00 bits per heavy atom. The predicted octanol–water partition coefficient (Wildman–Crippen LogP) is 1.42. The molecule has 2 aromatic heterocycles. The fourth-order valence-corrected chi connectivity index (χ4v) is 1.92. The first-order valence-electron chi connectivity index (χ1n) is 7.38. The van der Waals surface area contributed by atoms with Gasteiger partial charge in [0.05, 0.1) is 0 Å². The lowest BCUT2D eigenvalue weighted by Crippen LogP contribution is -2.49. The second-order valence-corrected chi connectivity index (χ2v) is 6.42. The van der Waals surface area contributed by atoms with Gasteiger partial charge in [-0.05, 0) is 45.4 Å². The number of urea groups is 1. The summed E-state index contributed by atoms with van der Waals surface area (Å²) in [5.41, 5.74) is 1.23. The monoisotopic (exact) mass is 332 g/mol. The Hall–Kier alpha value is -2.90. The molecule has 0 bridgehead atoms.